The molecular weight excluding hydrogens is 288 g/mol. The zero-order valence-electron chi connectivity index (χ0n) is 14.3. The predicted octanol–water partition coefficient (Wildman–Crippen LogP) is 4.57. The quantitative estimate of drug-likeness (QED) is 0.772. The Kier molecular flexibility index (Phi) is 4.93. The number of phenols is 1. The standard InChI is InChI=1S/C20H28O3/c1-13-6-10-18-15(4-3-5-20(13)23-14(2)21)7-8-16-12-17(22)9-11-19(16)18/h9,11-13,15,18,20,22H,3-8,10H2,1-2H3. The van der Waals surface area contributed by atoms with Crippen molar-refractivity contribution in [2.24, 2.45) is 11.8 Å². The third-order valence-corrected chi connectivity index (χ3v) is 5.83. The number of carbonyl (C=O) groups excluding carboxylic acids is 1. The number of fused-ring (bicyclic) bond motifs is 3. The number of aryl methyl sites for hydroxylation is 1. The molecule has 1 aromatic rings. The lowest BCUT2D eigenvalue weighted by molar-refractivity contribution is -0.149. The highest BCUT2D eigenvalue weighted by Gasteiger charge is 2.32. The lowest BCUT2D eigenvalue weighted by Crippen LogP contribution is -2.24. The first-order valence-electron chi connectivity index (χ1n) is 9.03. The van der Waals surface area contributed by atoms with Crippen molar-refractivity contribution in [1.29, 1.82) is 0 Å². The largest absolute Gasteiger partial charge is 0.508 e. The van der Waals surface area contributed by atoms with Crippen molar-refractivity contribution >= 4 is 5.97 Å². The molecule has 1 N–H and O–H groups in total. The Morgan fingerprint density at radius 3 is 2.78 bits per heavy atom. The van der Waals surface area contributed by atoms with Crippen molar-refractivity contribution in [3.05, 3.63) is 29.3 Å². The molecule has 4 unspecified atom stereocenters. The van der Waals surface area contributed by atoms with Gasteiger partial charge < -0.3 is 9.84 Å². The number of carbonyl (C=O) groups is 1. The maximum atomic E-state index is 11.3. The van der Waals surface area contributed by atoms with Crippen LogP contribution in [0.25, 0.3) is 0 Å². The first kappa shape index (κ1) is 16.4. The van der Waals surface area contributed by atoms with E-state index in [9.17, 15) is 9.90 Å². The highest BCUT2D eigenvalue weighted by molar-refractivity contribution is 5.66. The van der Waals surface area contributed by atoms with Crippen LogP contribution in [0.5, 0.6) is 5.75 Å². The highest BCUT2D eigenvalue weighted by Crippen LogP contribution is 2.44. The molecule has 0 amide bonds. The lowest BCUT2D eigenvalue weighted by atomic mass is 9.71. The van der Waals surface area contributed by atoms with Gasteiger partial charge in [-0.15, -0.1) is 0 Å². The summed E-state index contributed by atoms with van der Waals surface area (Å²) in [5.74, 6) is 1.97. The predicted molar refractivity (Wildman–Crippen MR) is 90.5 cm³/mol. The number of esters is 1. The fraction of sp³-hybridized carbons (Fsp3) is 0.650. The van der Waals surface area contributed by atoms with E-state index < -0.39 is 0 Å². The van der Waals surface area contributed by atoms with Gasteiger partial charge in [-0.2, -0.15) is 0 Å². The summed E-state index contributed by atoms with van der Waals surface area (Å²) in [5, 5.41) is 9.74. The van der Waals surface area contributed by atoms with Gasteiger partial charge in [0.25, 0.3) is 0 Å². The summed E-state index contributed by atoms with van der Waals surface area (Å²) in [6.07, 6.45) is 7.97. The van der Waals surface area contributed by atoms with Gasteiger partial charge in [0, 0.05) is 6.92 Å². The SMILES string of the molecule is CC(=O)OC1CCCC2CCc3cc(O)ccc3C2CCC1C. The third-order valence-electron chi connectivity index (χ3n) is 5.83. The molecular formula is C20H28O3. The van der Waals surface area contributed by atoms with Crippen LogP contribution in [0.4, 0.5) is 0 Å². The molecule has 0 aliphatic heterocycles. The maximum absolute atomic E-state index is 11.3. The Labute approximate surface area is 139 Å². The number of hydrogen-bond acceptors (Lipinski definition) is 3. The van der Waals surface area contributed by atoms with Crippen molar-refractivity contribution in [2.75, 3.05) is 0 Å². The van der Waals surface area contributed by atoms with Gasteiger partial charge in [0.1, 0.15) is 11.9 Å². The number of rotatable bonds is 1. The summed E-state index contributed by atoms with van der Waals surface area (Å²) in [6.45, 7) is 3.73. The molecule has 4 atom stereocenters. The first-order chi connectivity index (χ1) is 11.0. The van der Waals surface area contributed by atoms with Gasteiger partial charge in [-0.1, -0.05) is 13.0 Å². The minimum Gasteiger partial charge on any atom is -0.508 e. The molecule has 0 spiro atoms. The number of ether oxygens (including phenoxy) is 1. The molecule has 3 nitrogen and oxygen atoms in total. The molecule has 3 heteroatoms. The molecule has 0 heterocycles. The Morgan fingerprint density at radius 2 is 2.00 bits per heavy atom. The smallest absolute Gasteiger partial charge is 0.302 e. The monoisotopic (exact) mass is 316 g/mol. The zero-order valence-corrected chi connectivity index (χ0v) is 14.3. The van der Waals surface area contributed by atoms with Gasteiger partial charge >= 0.3 is 5.97 Å². The van der Waals surface area contributed by atoms with E-state index in [2.05, 4.69) is 13.0 Å². The van der Waals surface area contributed by atoms with Crippen molar-refractivity contribution in [1.82, 2.24) is 0 Å². The van der Waals surface area contributed by atoms with Crippen LogP contribution in [0, 0.1) is 11.8 Å². The van der Waals surface area contributed by atoms with E-state index in [0.29, 0.717) is 17.6 Å². The highest BCUT2D eigenvalue weighted by atomic mass is 16.5. The number of phenolic OH excluding ortho intramolecular Hbond substituents is 1. The maximum Gasteiger partial charge on any atom is 0.302 e. The summed E-state index contributed by atoms with van der Waals surface area (Å²) in [4.78, 5) is 11.3. The first-order valence-corrected chi connectivity index (χ1v) is 9.03. The molecule has 0 bridgehead atoms. The summed E-state index contributed by atoms with van der Waals surface area (Å²) >= 11 is 0. The zero-order chi connectivity index (χ0) is 16.4. The van der Waals surface area contributed by atoms with Gasteiger partial charge in [-0.3, -0.25) is 4.79 Å². The molecule has 1 saturated carbocycles. The fourth-order valence-electron chi connectivity index (χ4n) is 4.59. The minimum atomic E-state index is -0.153. The molecule has 126 valence electrons. The number of benzene rings is 1. The van der Waals surface area contributed by atoms with Crippen LogP contribution in [0.2, 0.25) is 0 Å². The van der Waals surface area contributed by atoms with Crippen LogP contribution >= 0.6 is 0 Å². The van der Waals surface area contributed by atoms with E-state index in [1.807, 2.05) is 12.1 Å². The third kappa shape index (κ3) is 3.70. The van der Waals surface area contributed by atoms with Gasteiger partial charge in [0.2, 0.25) is 0 Å². The second-order valence-electron chi connectivity index (χ2n) is 7.42. The van der Waals surface area contributed by atoms with E-state index in [4.69, 9.17) is 4.74 Å². The van der Waals surface area contributed by atoms with Crippen LogP contribution in [-0.4, -0.2) is 17.2 Å². The van der Waals surface area contributed by atoms with E-state index in [1.165, 1.54) is 30.9 Å². The van der Waals surface area contributed by atoms with Gasteiger partial charge in [-0.25, -0.2) is 0 Å². The van der Waals surface area contributed by atoms with Crippen LogP contribution < -0.4 is 0 Å². The van der Waals surface area contributed by atoms with Crippen LogP contribution in [0.1, 0.15) is 69.4 Å². The number of hydrogen-bond donors (Lipinski definition) is 1. The molecule has 3 rings (SSSR count). The summed E-state index contributed by atoms with van der Waals surface area (Å²) in [7, 11) is 0. The van der Waals surface area contributed by atoms with Gasteiger partial charge in [0.05, 0.1) is 0 Å². The summed E-state index contributed by atoms with van der Waals surface area (Å²) in [5.41, 5.74) is 2.77. The minimum absolute atomic E-state index is 0.0759. The molecule has 1 fully saturated rings. The Balaban J connectivity index is 1.79. The average Bonchev–Trinajstić information content (AvgIpc) is 2.57. The van der Waals surface area contributed by atoms with Crippen molar-refractivity contribution in [3.63, 3.8) is 0 Å². The lowest BCUT2D eigenvalue weighted by Gasteiger charge is -2.34. The molecule has 23 heavy (non-hydrogen) atoms. The molecule has 0 saturated heterocycles. The molecule has 0 aromatic heterocycles. The average molecular weight is 316 g/mol. The Bertz CT molecular complexity index is 566. The molecule has 2 aliphatic carbocycles. The van der Waals surface area contributed by atoms with Crippen molar-refractivity contribution in [2.45, 2.75) is 70.8 Å². The fourth-order valence-corrected chi connectivity index (χ4v) is 4.59. The molecule has 2 aliphatic rings. The second-order valence-corrected chi connectivity index (χ2v) is 7.42. The normalized spacial score (nSPS) is 31.0. The van der Waals surface area contributed by atoms with Gasteiger partial charge in [-0.05, 0) is 86.0 Å². The van der Waals surface area contributed by atoms with Crippen molar-refractivity contribution in [3.8, 4) is 5.75 Å². The van der Waals surface area contributed by atoms with Crippen LogP contribution in [0.15, 0.2) is 18.2 Å². The molecule has 0 radical (unpaired) electrons. The van der Waals surface area contributed by atoms with Crippen LogP contribution in [0.3, 0.4) is 0 Å². The summed E-state index contributed by atoms with van der Waals surface area (Å²) in [6, 6.07) is 5.91. The molecule has 1 aromatic carbocycles. The van der Waals surface area contributed by atoms with Crippen LogP contribution in [-0.2, 0) is 16.0 Å². The summed E-state index contributed by atoms with van der Waals surface area (Å²) < 4.78 is 5.56. The Hall–Kier alpha value is -1.51. The van der Waals surface area contributed by atoms with E-state index in [1.54, 1.807) is 0 Å². The van der Waals surface area contributed by atoms with E-state index >= 15 is 0 Å². The topological polar surface area (TPSA) is 46.5 Å². The van der Waals surface area contributed by atoms with E-state index in [0.717, 1.165) is 38.0 Å². The Morgan fingerprint density at radius 1 is 1.17 bits per heavy atom. The van der Waals surface area contributed by atoms with E-state index in [-0.39, 0.29) is 12.1 Å². The van der Waals surface area contributed by atoms with Gasteiger partial charge in [0.15, 0.2) is 0 Å². The van der Waals surface area contributed by atoms with Crippen molar-refractivity contribution < 1.29 is 14.6 Å². The second kappa shape index (κ2) is 6.94. The number of aromatic hydroxyl groups is 1.